The van der Waals surface area contributed by atoms with Crippen molar-refractivity contribution in [3.63, 3.8) is 0 Å². The van der Waals surface area contributed by atoms with Crippen LogP contribution < -0.4 is 15.4 Å². The monoisotopic (exact) mass is 523 g/mol. The molecule has 0 saturated heterocycles. The average Bonchev–Trinajstić information content (AvgIpc) is 2.74. The van der Waals surface area contributed by atoms with E-state index in [4.69, 9.17) is 9.47 Å². The minimum Gasteiger partial charge on any atom is -0.489 e. The maximum Gasteiger partial charge on any atom is 0.191 e. The van der Waals surface area contributed by atoms with Crippen LogP contribution in [0, 0.1) is 5.41 Å². The van der Waals surface area contributed by atoms with E-state index >= 15 is 0 Å². The minimum absolute atomic E-state index is 0. The van der Waals surface area contributed by atoms with E-state index in [1.807, 2.05) is 37.4 Å². The lowest BCUT2D eigenvalue weighted by molar-refractivity contribution is 0.0732. The number of hydrogen-bond donors (Lipinski definition) is 2. The van der Waals surface area contributed by atoms with Crippen LogP contribution in [-0.2, 0) is 17.9 Å². The van der Waals surface area contributed by atoms with E-state index in [0.29, 0.717) is 18.6 Å². The Morgan fingerprint density at radius 3 is 2.33 bits per heavy atom. The molecule has 2 N–H and O–H groups in total. The van der Waals surface area contributed by atoms with Gasteiger partial charge < -0.3 is 20.1 Å². The lowest BCUT2D eigenvalue weighted by atomic mass is 9.67. The van der Waals surface area contributed by atoms with Crippen LogP contribution in [-0.4, -0.2) is 33.3 Å². The van der Waals surface area contributed by atoms with Crippen LogP contribution in [0.25, 0.3) is 0 Å². The summed E-state index contributed by atoms with van der Waals surface area (Å²) in [6, 6.07) is 18.3. The standard InChI is InChI=1S/C24H33N3O2.HI/c1-25-23(27-19-24(13-8-14-24)15-16-28-2)26-17-20-9-6-7-10-21(20)18-29-22-11-4-3-5-12-22;/h3-7,9-12H,8,13-19H2,1-2H3,(H2,25,26,27);1H. The predicted molar refractivity (Wildman–Crippen MR) is 134 cm³/mol. The molecule has 0 amide bonds. The highest BCUT2D eigenvalue weighted by Gasteiger charge is 2.36. The van der Waals surface area contributed by atoms with E-state index in [0.717, 1.165) is 31.3 Å². The zero-order chi connectivity index (χ0) is 20.4. The van der Waals surface area contributed by atoms with Gasteiger partial charge in [0.05, 0.1) is 0 Å². The molecule has 0 heterocycles. The van der Waals surface area contributed by atoms with Crippen LogP contribution in [0.1, 0.15) is 36.8 Å². The third kappa shape index (κ3) is 7.16. The fraction of sp³-hybridized carbons (Fsp3) is 0.458. The molecule has 6 heteroatoms. The molecule has 2 aromatic carbocycles. The molecule has 5 nitrogen and oxygen atoms in total. The lowest BCUT2D eigenvalue weighted by Crippen LogP contribution is -2.46. The van der Waals surface area contributed by atoms with Gasteiger partial charge in [0, 0.05) is 33.9 Å². The summed E-state index contributed by atoms with van der Waals surface area (Å²) in [7, 11) is 3.60. The number of benzene rings is 2. The molecular formula is C24H34IN3O2. The highest BCUT2D eigenvalue weighted by Crippen LogP contribution is 2.43. The fourth-order valence-electron chi connectivity index (χ4n) is 3.73. The molecule has 0 aromatic heterocycles. The van der Waals surface area contributed by atoms with Crippen LogP contribution in [0.5, 0.6) is 5.75 Å². The number of hydrogen-bond acceptors (Lipinski definition) is 3. The summed E-state index contributed by atoms with van der Waals surface area (Å²) in [5.41, 5.74) is 2.74. The van der Waals surface area contributed by atoms with E-state index in [2.05, 4.69) is 39.9 Å². The Morgan fingerprint density at radius 2 is 1.70 bits per heavy atom. The Morgan fingerprint density at radius 1 is 1.00 bits per heavy atom. The molecular weight excluding hydrogens is 489 g/mol. The van der Waals surface area contributed by atoms with Crippen LogP contribution in [0.3, 0.4) is 0 Å². The largest absolute Gasteiger partial charge is 0.489 e. The Bertz CT molecular complexity index is 779. The minimum atomic E-state index is 0. The number of rotatable bonds is 10. The highest BCUT2D eigenvalue weighted by atomic mass is 127. The second-order valence-electron chi connectivity index (χ2n) is 7.75. The third-order valence-corrected chi connectivity index (χ3v) is 5.81. The molecule has 2 aromatic rings. The number of aliphatic imine (C=N–C) groups is 1. The zero-order valence-corrected chi connectivity index (χ0v) is 20.4. The van der Waals surface area contributed by atoms with Crippen molar-refractivity contribution >= 4 is 29.9 Å². The first-order chi connectivity index (χ1) is 14.2. The van der Waals surface area contributed by atoms with Crippen LogP contribution in [0.2, 0.25) is 0 Å². The van der Waals surface area contributed by atoms with Gasteiger partial charge in [-0.1, -0.05) is 48.9 Å². The van der Waals surface area contributed by atoms with E-state index in [1.165, 1.54) is 30.4 Å². The molecule has 0 aliphatic heterocycles. The number of nitrogens with one attached hydrogen (secondary N) is 2. The summed E-state index contributed by atoms with van der Waals surface area (Å²) in [6.07, 6.45) is 4.94. The van der Waals surface area contributed by atoms with Crippen LogP contribution >= 0.6 is 24.0 Å². The number of para-hydroxylation sites is 1. The third-order valence-electron chi connectivity index (χ3n) is 5.81. The summed E-state index contributed by atoms with van der Waals surface area (Å²) in [5.74, 6) is 1.72. The molecule has 0 unspecified atom stereocenters. The van der Waals surface area contributed by atoms with Crippen molar-refractivity contribution in [3.05, 3.63) is 65.7 Å². The second kappa shape index (κ2) is 12.8. The fourth-order valence-corrected chi connectivity index (χ4v) is 3.73. The first-order valence-corrected chi connectivity index (χ1v) is 10.4. The maximum absolute atomic E-state index is 5.93. The van der Waals surface area contributed by atoms with Gasteiger partial charge in [-0.3, -0.25) is 4.99 Å². The molecule has 30 heavy (non-hydrogen) atoms. The van der Waals surface area contributed by atoms with Gasteiger partial charge in [0.15, 0.2) is 5.96 Å². The van der Waals surface area contributed by atoms with Crippen molar-refractivity contribution in [2.24, 2.45) is 10.4 Å². The van der Waals surface area contributed by atoms with E-state index < -0.39 is 0 Å². The van der Waals surface area contributed by atoms with Gasteiger partial charge in [0.25, 0.3) is 0 Å². The second-order valence-corrected chi connectivity index (χ2v) is 7.75. The number of ether oxygens (including phenoxy) is 2. The quantitative estimate of drug-likeness (QED) is 0.268. The van der Waals surface area contributed by atoms with Gasteiger partial charge in [-0.15, -0.1) is 24.0 Å². The van der Waals surface area contributed by atoms with Crippen molar-refractivity contribution in [3.8, 4) is 5.75 Å². The van der Waals surface area contributed by atoms with E-state index in [1.54, 1.807) is 7.11 Å². The molecule has 164 valence electrons. The summed E-state index contributed by atoms with van der Waals surface area (Å²) in [6.45, 7) is 3.02. The molecule has 0 bridgehead atoms. The van der Waals surface area contributed by atoms with Crippen molar-refractivity contribution in [1.82, 2.24) is 10.6 Å². The number of halogens is 1. The van der Waals surface area contributed by atoms with Gasteiger partial charge in [-0.2, -0.15) is 0 Å². The van der Waals surface area contributed by atoms with Crippen LogP contribution in [0.4, 0.5) is 0 Å². The van der Waals surface area contributed by atoms with Gasteiger partial charge in [0.2, 0.25) is 0 Å². The van der Waals surface area contributed by atoms with E-state index in [-0.39, 0.29) is 24.0 Å². The van der Waals surface area contributed by atoms with Crippen molar-refractivity contribution < 1.29 is 9.47 Å². The normalized spacial score (nSPS) is 14.9. The summed E-state index contributed by atoms with van der Waals surface area (Å²) in [4.78, 5) is 4.40. The predicted octanol–water partition coefficient (Wildman–Crippen LogP) is 4.76. The maximum atomic E-state index is 5.93. The van der Waals surface area contributed by atoms with Gasteiger partial charge >= 0.3 is 0 Å². The number of nitrogens with zero attached hydrogens (tertiary/aromatic N) is 1. The molecule has 3 rings (SSSR count). The topological polar surface area (TPSA) is 54.9 Å². The molecule has 0 atom stereocenters. The zero-order valence-electron chi connectivity index (χ0n) is 18.0. The molecule has 1 saturated carbocycles. The highest BCUT2D eigenvalue weighted by molar-refractivity contribution is 14.0. The summed E-state index contributed by atoms with van der Waals surface area (Å²) in [5, 5.41) is 6.97. The summed E-state index contributed by atoms with van der Waals surface area (Å²) >= 11 is 0. The van der Waals surface area contributed by atoms with Crippen molar-refractivity contribution in [2.45, 2.75) is 38.8 Å². The van der Waals surface area contributed by atoms with E-state index in [9.17, 15) is 0 Å². The molecule has 1 aliphatic rings. The number of guanidine groups is 1. The smallest absolute Gasteiger partial charge is 0.191 e. The average molecular weight is 523 g/mol. The summed E-state index contributed by atoms with van der Waals surface area (Å²) < 4.78 is 11.2. The first-order valence-electron chi connectivity index (χ1n) is 10.4. The van der Waals surface area contributed by atoms with Gasteiger partial charge in [0.1, 0.15) is 12.4 Å². The molecule has 1 aliphatic carbocycles. The van der Waals surface area contributed by atoms with Gasteiger partial charge in [-0.05, 0) is 47.9 Å². The SMILES string of the molecule is CN=C(NCc1ccccc1COc1ccccc1)NCC1(CCOC)CCC1.I. The van der Waals surface area contributed by atoms with Crippen molar-refractivity contribution in [2.75, 3.05) is 27.3 Å². The lowest BCUT2D eigenvalue weighted by Gasteiger charge is -2.42. The number of methoxy groups -OCH3 is 1. The Kier molecular flexibility index (Phi) is 10.4. The van der Waals surface area contributed by atoms with Crippen molar-refractivity contribution in [1.29, 1.82) is 0 Å². The molecule has 1 fully saturated rings. The molecule has 0 spiro atoms. The Hall–Kier alpha value is -1.80. The van der Waals surface area contributed by atoms with Crippen LogP contribution in [0.15, 0.2) is 59.6 Å². The Labute approximate surface area is 197 Å². The first kappa shape index (κ1) is 24.5. The Balaban J connectivity index is 0.00000320. The molecule has 0 radical (unpaired) electrons. The van der Waals surface area contributed by atoms with Gasteiger partial charge in [-0.25, -0.2) is 0 Å².